The van der Waals surface area contributed by atoms with Gasteiger partial charge in [-0.05, 0) is 107 Å². The third-order valence-corrected chi connectivity index (χ3v) is 16.1. The molecule has 2 fully saturated rings. The van der Waals surface area contributed by atoms with Crippen molar-refractivity contribution in [2.75, 3.05) is 5.73 Å². The van der Waals surface area contributed by atoms with E-state index in [9.17, 15) is 35.1 Å². The maximum absolute atomic E-state index is 14.7. The van der Waals surface area contributed by atoms with E-state index in [1.165, 1.54) is 5.56 Å². The molecule has 82 heavy (non-hydrogen) atoms. The molecule has 7 N–H and O–H groups in total. The Morgan fingerprint density at radius 1 is 0.354 bits per heavy atom. The standard InChI is InChI=1S/C36H40N2O4.C34H37N3O3/c1-2-26-13-15-29(16-14-26)23-37-32(21-27-9-5-3-6-10-27)34(40)35(41)33(22-28-11-7-4-8-12-28)38(36(37)42)24-30-17-19-31(25-39)20-18-30;1-24-10-8-15-27(18-24)22-36-30(20-25-11-4-2-5-12-25)32(38)33(39)31(21-26-13-6-3-7-14-26)37(34(36)40)23-28-16-9-17-29(35)19-28/h3-20,32-35,39-41H,2,21-25H2,1H3;2-19,30-33,38-39H,20-23,35H2,1H3. The van der Waals surface area contributed by atoms with E-state index in [1.54, 1.807) is 19.6 Å². The van der Waals surface area contributed by atoms with Crippen molar-refractivity contribution >= 4 is 17.7 Å². The molecule has 12 heteroatoms. The Hall–Kier alpha value is -8.10. The van der Waals surface area contributed by atoms with Gasteiger partial charge in [-0.3, -0.25) is 0 Å². The molecule has 4 amide bonds. The van der Waals surface area contributed by atoms with Crippen molar-refractivity contribution in [2.45, 2.75) is 127 Å². The Kier molecular flexibility index (Phi) is 20.0. The summed E-state index contributed by atoms with van der Waals surface area (Å²) in [6.07, 6.45) is -2.11. The Morgan fingerprint density at radius 3 is 0.963 bits per heavy atom. The van der Waals surface area contributed by atoms with E-state index in [4.69, 9.17) is 5.73 Å². The van der Waals surface area contributed by atoms with Gasteiger partial charge >= 0.3 is 12.1 Å². The number of hydrogen-bond acceptors (Lipinski definition) is 8. The highest BCUT2D eigenvalue weighted by Gasteiger charge is 2.48. The Bertz CT molecular complexity index is 3050. The van der Waals surface area contributed by atoms with Gasteiger partial charge in [0.05, 0.1) is 30.8 Å². The summed E-state index contributed by atoms with van der Waals surface area (Å²) in [4.78, 5) is 36.2. The second-order valence-corrected chi connectivity index (χ2v) is 21.9. The Labute approximate surface area is 483 Å². The molecule has 0 saturated carbocycles. The highest BCUT2D eigenvalue weighted by molar-refractivity contribution is 5.77. The van der Waals surface area contributed by atoms with Crippen LogP contribution in [0.15, 0.2) is 218 Å². The van der Waals surface area contributed by atoms with Crippen LogP contribution < -0.4 is 5.73 Å². The monoisotopic (exact) mass is 1100 g/mol. The van der Waals surface area contributed by atoms with Gasteiger partial charge in [0.1, 0.15) is 24.4 Å². The van der Waals surface area contributed by atoms with Crippen LogP contribution in [0.2, 0.25) is 0 Å². The lowest BCUT2D eigenvalue weighted by atomic mass is 9.91. The van der Waals surface area contributed by atoms with Crippen LogP contribution in [-0.2, 0) is 64.9 Å². The van der Waals surface area contributed by atoms with Gasteiger partial charge in [-0.15, -0.1) is 0 Å². The third kappa shape index (κ3) is 14.9. The molecule has 0 aliphatic carbocycles. The lowest BCUT2D eigenvalue weighted by Crippen LogP contribution is -2.50. The van der Waals surface area contributed by atoms with E-state index in [-0.39, 0.29) is 31.8 Å². The van der Waals surface area contributed by atoms with Crippen molar-refractivity contribution in [1.29, 1.82) is 0 Å². The molecule has 0 spiro atoms. The number of nitrogens with two attached hydrogens (primary N) is 1. The van der Waals surface area contributed by atoms with E-state index in [0.717, 1.165) is 62.1 Å². The topological polar surface area (TPSA) is 174 Å². The molecule has 0 bridgehead atoms. The van der Waals surface area contributed by atoms with Gasteiger partial charge in [0.25, 0.3) is 0 Å². The van der Waals surface area contributed by atoms with Crippen LogP contribution in [0.4, 0.5) is 15.3 Å². The molecule has 0 aromatic heterocycles. The molecule has 2 aliphatic rings. The highest BCUT2D eigenvalue weighted by atomic mass is 16.3. The second-order valence-electron chi connectivity index (χ2n) is 21.9. The summed E-state index contributed by atoms with van der Waals surface area (Å²) in [6, 6.07) is 67.5. The minimum absolute atomic E-state index is 0.0593. The predicted octanol–water partition coefficient (Wildman–Crippen LogP) is 10.1. The summed E-state index contributed by atoms with van der Waals surface area (Å²) in [5.41, 5.74) is 17.4. The summed E-state index contributed by atoms with van der Waals surface area (Å²) in [7, 11) is 0. The zero-order chi connectivity index (χ0) is 57.5. The smallest absolute Gasteiger partial charge is 0.321 e. The van der Waals surface area contributed by atoms with Crippen LogP contribution in [-0.4, -0.2) is 106 Å². The number of rotatable bonds is 18. The first kappa shape index (κ1) is 58.6. The molecule has 12 nitrogen and oxygen atoms in total. The van der Waals surface area contributed by atoms with Crippen LogP contribution in [0.1, 0.15) is 68.1 Å². The second kappa shape index (κ2) is 28.1. The number of urea groups is 2. The predicted molar refractivity (Wildman–Crippen MR) is 323 cm³/mol. The quantitative estimate of drug-likeness (QED) is 0.0461. The van der Waals surface area contributed by atoms with Gasteiger partial charge in [0.2, 0.25) is 0 Å². The Balaban J connectivity index is 0.000000198. The first-order valence-corrected chi connectivity index (χ1v) is 28.5. The number of nitrogens with zero attached hydrogens (tertiary/aromatic N) is 4. The van der Waals surface area contributed by atoms with E-state index in [1.807, 2.05) is 207 Å². The lowest BCUT2D eigenvalue weighted by molar-refractivity contribution is -0.0408. The average molecular weight is 1100 g/mol. The molecule has 8 atom stereocenters. The number of nitrogen functional groups attached to an aromatic ring is 1. The van der Waals surface area contributed by atoms with Gasteiger partial charge in [-0.2, -0.15) is 0 Å². The van der Waals surface area contributed by atoms with Crippen LogP contribution in [0, 0.1) is 6.92 Å². The molecular formula is C70H77N5O7. The molecule has 8 aromatic carbocycles. The van der Waals surface area contributed by atoms with E-state index >= 15 is 0 Å². The van der Waals surface area contributed by atoms with Crippen molar-refractivity contribution in [3.63, 3.8) is 0 Å². The zero-order valence-corrected chi connectivity index (χ0v) is 46.9. The first-order chi connectivity index (χ1) is 39.8. The lowest BCUT2D eigenvalue weighted by Gasteiger charge is -2.36. The van der Waals surface area contributed by atoms with Crippen molar-refractivity contribution in [1.82, 2.24) is 19.6 Å². The van der Waals surface area contributed by atoms with Crippen molar-refractivity contribution in [2.24, 2.45) is 0 Å². The third-order valence-electron chi connectivity index (χ3n) is 16.1. The number of aliphatic hydroxyl groups excluding tert-OH is 5. The number of benzene rings is 8. The van der Waals surface area contributed by atoms with Gasteiger partial charge < -0.3 is 50.9 Å². The van der Waals surface area contributed by atoms with Crippen molar-refractivity contribution in [3.8, 4) is 0 Å². The molecule has 8 aromatic rings. The fraction of sp³-hybridized carbons (Fsp3) is 0.286. The number of carbonyl (C=O) groups excluding carboxylic acids is 2. The largest absolute Gasteiger partial charge is 0.399 e. The number of hydrogen-bond donors (Lipinski definition) is 6. The highest BCUT2D eigenvalue weighted by Crippen LogP contribution is 2.33. The van der Waals surface area contributed by atoms with Crippen LogP contribution in [0.25, 0.3) is 0 Å². The van der Waals surface area contributed by atoms with Crippen molar-refractivity contribution < 1.29 is 35.1 Å². The summed E-state index contributed by atoms with van der Waals surface area (Å²) >= 11 is 0. The minimum atomic E-state index is -1.17. The molecule has 2 aliphatic heterocycles. The number of aliphatic hydroxyl groups is 5. The first-order valence-electron chi connectivity index (χ1n) is 28.5. The van der Waals surface area contributed by atoms with Crippen LogP contribution in [0.3, 0.4) is 0 Å². The number of carbonyl (C=O) groups is 2. The van der Waals surface area contributed by atoms with Gasteiger partial charge in [0.15, 0.2) is 0 Å². The Morgan fingerprint density at radius 2 is 0.646 bits per heavy atom. The van der Waals surface area contributed by atoms with Gasteiger partial charge in [-0.25, -0.2) is 9.59 Å². The number of anilines is 1. The normalized spacial score (nSPS) is 21.1. The summed E-state index contributed by atoms with van der Waals surface area (Å²) in [5, 5.41) is 56.7. The fourth-order valence-electron chi connectivity index (χ4n) is 11.6. The van der Waals surface area contributed by atoms with Crippen LogP contribution in [0.5, 0.6) is 0 Å². The summed E-state index contributed by atoms with van der Waals surface area (Å²) in [6.45, 7) is 5.21. The molecule has 0 radical (unpaired) electrons. The molecular weight excluding hydrogens is 1020 g/mol. The fourth-order valence-corrected chi connectivity index (χ4v) is 11.6. The minimum Gasteiger partial charge on any atom is -0.399 e. The number of amides is 4. The zero-order valence-electron chi connectivity index (χ0n) is 46.9. The van der Waals surface area contributed by atoms with Gasteiger partial charge in [-0.1, -0.05) is 219 Å². The van der Waals surface area contributed by atoms with E-state index in [0.29, 0.717) is 44.5 Å². The molecule has 8 unspecified atom stereocenters. The van der Waals surface area contributed by atoms with Gasteiger partial charge in [0, 0.05) is 31.9 Å². The molecule has 10 rings (SSSR count). The molecule has 424 valence electrons. The average Bonchev–Trinajstić information content (AvgIpc) is 3.65. The SMILES string of the molecule is CCc1ccc(CN2C(=O)N(Cc3ccc(CO)cc3)C(Cc3ccccc3)C(O)C(O)C2Cc2ccccc2)cc1.Cc1cccc(CN2C(=O)N(Cc3cccc(N)c3)C(Cc3ccccc3)C(O)C(O)C2Cc2ccccc2)c1. The number of aryl methyl sites for hydroxylation is 2. The van der Waals surface area contributed by atoms with Crippen LogP contribution >= 0.6 is 0 Å². The van der Waals surface area contributed by atoms with E-state index in [2.05, 4.69) is 25.1 Å². The van der Waals surface area contributed by atoms with Crippen molar-refractivity contribution in [3.05, 3.63) is 280 Å². The maximum atomic E-state index is 14.7. The summed E-state index contributed by atoms with van der Waals surface area (Å²) in [5.74, 6) is 0. The maximum Gasteiger partial charge on any atom is 0.321 e. The summed E-state index contributed by atoms with van der Waals surface area (Å²) < 4.78 is 0. The van der Waals surface area contributed by atoms with E-state index < -0.39 is 48.6 Å². The molecule has 2 heterocycles. The molecule has 2 saturated heterocycles.